The van der Waals surface area contributed by atoms with Gasteiger partial charge < -0.3 is 10.5 Å². The molecule has 1 atom stereocenters. The third kappa shape index (κ3) is 3.87. The Balaban J connectivity index is 2.58. The lowest BCUT2D eigenvalue weighted by Crippen LogP contribution is -2.20. The minimum Gasteiger partial charge on any atom is -0.374 e. The summed E-state index contributed by atoms with van der Waals surface area (Å²) in [6, 6.07) is 5.58. The van der Waals surface area contributed by atoms with Crippen molar-refractivity contribution in [3.63, 3.8) is 0 Å². The van der Waals surface area contributed by atoms with Gasteiger partial charge in [0.15, 0.2) is 0 Å². The van der Waals surface area contributed by atoms with Crippen molar-refractivity contribution < 1.29 is 13.5 Å². The highest BCUT2D eigenvalue weighted by Gasteiger charge is 2.11. The third-order valence-corrected chi connectivity index (χ3v) is 2.38. The van der Waals surface area contributed by atoms with Gasteiger partial charge in [-0.2, -0.15) is 0 Å². The second-order valence-corrected chi connectivity index (χ2v) is 3.90. The van der Waals surface area contributed by atoms with Gasteiger partial charge in [-0.25, -0.2) is 8.78 Å². The van der Waals surface area contributed by atoms with Crippen molar-refractivity contribution in [2.45, 2.75) is 26.3 Å². The van der Waals surface area contributed by atoms with Crippen molar-refractivity contribution in [3.05, 3.63) is 34.9 Å². The standard InChI is InChI=1S/C12H17F2NO/c1-8-3-4-9(2)10(5-8)11(15)6-16-7-12(13)14/h3-5,11-12H,6-7,15H2,1-2H3. The molecule has 4 heteroatoms. The van der Waals surface area contributed by atoms with Crippen LogP contribution in [0.5, 0.6) is 0 Å². The second-order valence-electron chi connectivity index (χ2n) is 3.90. The smallest absolute Gasteiger partial charge is 0.261 e. The minimum atomic E-state index is -2.44. The Kier molecular flexibility index (Phi) is 4.83. The van der Waals surface area contributed by atoms with Crippen LogP contribution in [-0.4, -0.2) is 19.6 Å². The van der Waals surface area contributed by atoms with Crippen LogP contribution >= 0.6 is 0 Å². The first-order valence-electron chi connectivity index (χ1n) is 5.19. The SMILES string of the molecule is Cc1ccc(C)c(C(N)COCC(F)F)c1. The normalized spacial score (nSPS) is 13.1. The van der Waals surface area contributed by atoms with Gasteiger partial charge in [0.05, 0.1) is 12.6 Å². The molecule has 0 aromatic heterocycles. The molecule has 16 heavy (non-hydrogen) atoms. The first-order chi connectivity index (χ1) is 7.50. The largest absolute Gasteiger partial charge is 0.374 e. The summed E-state index contributed by atoms with van der Waals surface area (Å²) in [6.45, 7) is 3.48. The summed E-state index contributed by atoms with van der Waals surface area (Å²) in [6.07, 6.45) is -2.44. The molecule has 90 valence electrons. The van der Waals surface area contributed by atoms with E-state index in [9.17, 15) is 8.78 Å². The molecule has 0 fully saturated rings. The predicted octanol–water partition coefficient (Wildman–Crippen LogP) is 2.58. The molecule has 0 amide bonds. The molecule has 2 nitrogen and oxygen atoms in total. The molecule has 0 spiro atoms. The fourth-order valence-electron chi connectivity index (χ4n) is 1.53. The van der Waals surface area contributed by atoms with E-state index in [0.29, 0.717) is 0 Å². The predicted molar refractivity (Wildman–Crippen MR) is 59.7 cm³/mol. The zero-order valence-corrected chi connectivity index (χ0v) is 9.54. The number of benzene rings is 1. The van der Waals surface area contributed by atoms with Crippen LogP contribution in [0.15, 0.2) is 18.2 Å². The van der Waals surface area contributed by atoms with Gasteiger partial charge in [0, 0.05) is 0 Å². The van der Waals surface area contributed by atoms with Gasteiger partial charge in [0.25, 0.3) is 6.43 Å². The van der Waals surface area contributed by atoms with E-state index in [4.69, 9.17) is 10.5 Å². The summed E-state index contributed by atoms with van der Waals surface area (Å²) < 4.78 is 28.6. The van der Waals surface area contributed by atoms with Crippen LogP contribution in [-0.2, 0) is 4.74 Å². The molecule has 0 bridgehead atoms. The fraction of sp³-hybridized carbons (Fsp3) is 0.500. The van der Waals surface area contributed by atoms with Crippen LogP contribution in [0.3, 0.4) is 0 Å². The molecule has 0 heterocycles. The molecule has 0 aliphatic rings. The number of nitrogens with two attached hydrogens (primary N) is 1. The summed E-state index contributed by atoms with van der Waals surface area (Å²) in [5.41, 5.74) is 8.99. The second kappa shape index (κ2) is 5.92. The zero-order chi connectivity index (χ0) is 12.1. The van der Waals surface area contributed by atoms with Crippen molar-refractivity contribution >= 4 is 0 Å². The topological polar surface area (TPSA) is 35.2 Å². The Bertz CT molecular complexity index is 342. The molecule has 0 saturated carbocycles. The van der Waals surface area contributed by atoms with Gasteiger partial charge >= 0.3 is 0 Å². The van der Waals surface area contributed by atoms with Crippen LogP contribution in [0, 0.1) is 13.8 Å². The lowest BCUT2D eigenvalue weighted by Gasteiger charge is -2.15. The van der Waals surface area contributed by atoms with Crippen molar-refractivity contribution in [2.24, 2.45) is 5.73 Å². The van der Waals surface area contributed by atoms with Gasteiger partial charge in [0.2, 0.25) is 0 Å². The van der Waals surface area contributed by atoms with Crippen LogP contribution in [0.2, 0.25) is 0 Å². The molecular formula is C12H17F2NO. The van der Waals surface area contributed by atoms with Gasteiger partial charge in [-0.15, -0.1) is 0 Å². The summed E-state index contributed by atoms with van der Waals surface area (Å²) in [5, 5.41) is 0. The zero-order valence-electron chi connectivity index (χ0n) is 9.54. The van der Waals surface area contributed by atoms with Gasteiger partial charge in [-0.3, -0.25) is 0 Å². The molecule has 1 aromatic carbocycles. The molecule has 2 N–H and O–H groups in total. The van der Waals surface area contributed by atoms with E-state index in [2.05, 4.69) is 0 Å². The van der Waals surface area contributed by atoms with Crippen molar-refractivity contribution in [2.75, 3.05) is 13.2 Å². The molecule has 0 saturated heterocycles. The van der Waals surface area contributed by atoms with Crippen molar-refractivity contribution in [1.82, 2.24) is 0 Å². The van der Waals surface area contributed by atoms with Gasteiger partial charge in [0.1, 0.15) is 6.61 Å². The molecule has 0 radical (unpaired) electrons. The van der Waals surface area contributed by atoms with E-state index < -0.39 is 13.0 Å². The molecule has 0 aliphatic carbocycles. The van der Waals surface area contributed by atoms with Crippen molar-refractivity contribution in [1.29, 1.82) is 0 Å². The number of aryl methyl sites for hydroxylation is 2. The lowest BCUT2D eigenvalue weighted by molar-refractivity contribution is 0.0125. The number of hydrogen-bond acceptors (Lipinski definition) is 2. The molecule has 0 aliphatic heterocycles. The quantitative estimate of drug-likeness (QED) is 0.842. The molecule has 1 rings (SSSR count). The third-order valence-electron chi connectivity index (χ3n) is 2.38. The minimum absolute atomic E-state index is 0.120. The molecular weight excluding hydrogens is 212 g/mol. The summed E-state index contributed by atoms with van der Waals surface area (Å²) >= 11 is 0. The van der Waals surface area contributed by atoms with Crippen LogP contribution in [0.25, 0.3) is 0 Å². The highest BCUT2D eigenvalue weighted by Crippen LogP contribution is 2.17. The fourth-order valence-corrected chi connectivity index (χ4v) is 1.53. The molecule has 1 unspecified atom stereocenters. The summed E-state index contributed by atoms with van der Waals surface area (Å²) in [5.74, 6) is 0. The highest BCUT2D eigenvalue weighted by molar-refractivity contribution is 5.32. The highest BCUT2D eigenvalue weighted by atomic mass is 19.3. The maximum Gasteiger partial charge on any atom is 0.261 e. The number of hydrogen-bond donors (Lipinski definition) is 1. The number of rotatable bonds is 5. The lowest BCUT2D eigenvalue weighted by atomic mass is 10.00. The first kappa shape index (κ1) is 13.1. The summed E-state index contributed by atoms with van der Waals surface area (Å²) in [7, 11) is 0. The van der Waals surface area contributed by atoms with E-state index in [1.54, 1.807) is 0 Å². The Morgan fingerprint density at radius 3 is 2.56 bits per heavy atom. The van der Waals surface area contributed by atoms with E-state index >= 15 is 0 Å². The monoisotopic (exact) mass is 229 g/mol. The number of halogens is 2. The molecule has 1 aromatic rings. The van der Waals surface area contributed by atoms with E-state index in [1.165, 1.54) is 0 Å². The van der Waals surface area contributed by atoms with Gasteiger partial charge in [-0.1, -0.05) is 23.8 Å². The summed E-state index contributed by atoms with van der Waals surface area (Å²) in [4.78, 5) is 0. The Hall–Kier alpha value is -1.00. The Labute approximate surface area is 94.4 Å². The van der Waals surface area contributed by atoms with E-state index in [1.807, 2.05) is 32.0 Å². The average molecular weight is 229 g/mol. The van der Waals surface area contributed by atoms with Crippen LogP contribution in [0.4, 0.5) is 8.78 Å². The van der Waals surface area contributed by atoms with Crippen LogP contribution < -0.4 is 5.73 Å². The average Bonchev–Trinajstić information content (AvgIpc) is 2.21. The number of alkyl halides is 2. The Morgan fingerprint density at radius 2 is 1.94 bits per heavy atom. The van der Waals surface area contributed by atoms with Crippen LogP contribution in [0.1, 0.15) is 22.7 Å². The van der Waals surface area contributed by atoms with E-state index in [-0.39, 0.29) is 12.6 Å². The maximum atomic E-state index is 11.9. The van der Waals surface area contributed by atoms with E-state index in [0.717, 1.165) is 16.7 Å². The number of ether oxygens (including phenoxy) is 1. The van der Waals surface area contributed by atoms with Gasteiger partial charge in [-0.05, 0) is 25.0 Å². The Morgan fingerprint density at radius 1 is 1.25 bits per heavy atom. The van der Waals surface area contributed by atoms with Crippen molar-refractivity contribution in [3.8, 4) is 0 Å². The first-order valence-corrected chi connectivity index (χ1v) is 5.19. The maximum absolute atomic E-state index is 11.9.